The van der Waals surface area contributed by atoms with Crippen LogP contribution in [0.3, 0.4) is 0 Å². The van der Waals surface area contributed by atoms with Gasteiger partial charge < -0.3 is 9.84 Å². The number of carbonyl (C=O) groups excluding carboxylic acids is 1. The summed E-state index contributed by atoms with van der Waals surface area (Å²) in [5.74, 6) is -0.438. The zero-order valence-corrected chi connectivity index (χ0v) is 7.72. The molecular weight excluding hydrogens is 180 g/mol. The first-order valence-electron chi connectivity index (χ1n) is 4.25. The molecule has 3 heteroatoms. The zero-order valence-electron chi connectivity index (χ0n) is 7.72. The van der Waals surface area contributed by atoms with E-state index in [9.17, 15) is 9.90 Å². The third-order valence-corrected chi connectivity index (χ3v) is 1.65. The molecule has 74 valence electrons. The smallest absolute Gasteiger partial charge is 0.220 e. The van der Waals surface area contributed by atoms with Crippen molar-refractivity contribution in [3.05, 3.63) is 48.6 Å². The second-order valence-corrected chi connectivity index (χ2v) is 2.70. The predicted octanol–water partition coefficient (Wildman–Crippen LogP) is 1.39. The van der Waals surface area contributed by atoms with Crippen molar-refractivity contribution < 1.29 is 14.6 Å². The van der Waals surface area contributed by atoms with Crippen molar-refractivity contribution >= 4 is 5.78 Å². The average molecular weight is 192 g/mol. The Morgan fingerprint density at radius 2 is 2.14 bits per heavy atom. The fraction of sp³-hybridized carbons (Fsp3) is 0.182. The molecular formula is C11H12O3. The molecule has 1 unspecified atom stereocenters. The summed E-state index contributed by atoms with van der Waals surface area (Å²) >= 11 is 0. The van der Waals surface area contributed by atoms with E-state index in [-0.39, 0.29) is 6.61 Å². The highest BCUT2D eigenvalue weighted by molar-refractivity contribution is 5.98. The zero-order chi connectivity index (χ0) is 10.4. The normalized spacial score (nSPS) is 12.1. The minimum absolute atomic E-state index is 0.153. The van der Waals surface area contributed by atoms with E-state index in [1.54, 1.807) is 30.3 Å². The van der Waals surface area contributed by atoms with Crippen molar-refractivity contribution in [2.75, 3.05) is 6.61 Å². The molecule has 14 heavy (non-hydrogen) atoms. The second kappa shape index (κ2) is 5.32. The van der Waals surface area contributed by atoms with Gasteiger partial charge in [-0.1, -0.05) is 36.4 Å². The molecule has 1 atom stereocenters. The maximum absolute atomic E-state index is 11.4. The van der Waals surface area contributed by atoms with Gasteiger partial charge in [-0.05, 0) is 0 Å². The first-order chi connectivity index (χ1) is 6.75. The molecule has 1 aromatic rings. The number of aliphatic hydroxyl groups is 1. The fourth-order valence-corrected chi connectivity index (χ4v) is 0.980. The minimum atomic E-state index is -1.41. The van der Waals surface area contributed by atoms with Crippen molar-refractivity contribution in [2.24, 2.45) is 0 Å². The van der Waals surface area contributed by atoms with Gasteiger partial charge in [0, 0.05) is 5.56 Å². The monoisotopic (exact) mass is 192 g/mol. The predicted molar refractivity (Wildman–Crippen MR) is 52.9 cm³/mol. The Hall–Kier alpha value is -1.45. The van der Waals surface area contributed by atoms with E-state index in [1.807, 2.05) is 0 Å². The van der Waals surface area contributed by atoms with Gasteiger partial charge >= 0.3 is 0 Å². The summed E-state index contributed by atoms with van der Waals surface area (Å²) in [6, 6.07) is 8.51. The summed E-state index contributed by atoms with van der Waals surface area (Å²) in [7, 11) is 0. The number of ether oxygens (including phenoxy) is 1. The summed E-state index contributed by atoms with van der Waals surface area (Å²) in [5, 5.41) is 9.28. The van der Waals surface area contributed by atoms with Crippen molar-refractivity contribution in [1.82, 2.24) is 0 Å². The maximum Gasteiger partial charge on any atom is 0.220 e. The Kier molecular flexibility index (Phi) is 4.04. The number of carbonyl (C=O) groups is 1. The van der Waals surface area contributed by atoms with Crippen molar-refractivity contribution in [1.29, 1.82) is 0 Å². The Bertz CT molecular complexity index is 306. The van der Waals surface area contributed by atoms with Crippen LogP contribution in [-0.4, -0.2) is 23.8 Å². The molecule has 0 aliphatic rings. The largest absolute Gasteiger partial charge is 0.362 e. The number of benzene rings is 1. The van der Waals surface area contributed by atoms with Gasteiger partial charge in [0.1, 0.15) is 0 Å². The van der Waals surface area contributed by atoms with Gasteiger partial charge in [0.15, 0.2) is 0 Å². The Labute approximate surface area is 82.6 Å². The molecule has 3 nitrogen and oxygen atoms in total. The molecule has 1 rings (SSSR count). The first kappa shape index (κ1) is 10.6. The van der Waals surface area contributed by atoms with Crippen LogP contribution in [0.15, 0.2) is 43.0 Å². The molecule has 0 aromatic heterocycles. The number of rotatable bonds is 5. The van der Waals surface area contributed by atoms with Gasteiger partial charge in [-0.3, -0.25) is 4.79 Å². The van der Waals surface area contributed by atoms with E-state index in [4.69, 9.17) is 4.74 Å². The van der Waals surface area contributed by atoms with Gasteiger partial charge in [-0.15, -0.1) is 6.58 Å². The molecule has 0 heterocycles. The minimum Gasteiger partial charge on any atom is -0.362 e. The van der Waals surface area contributed by atoms with Gasteiger partial charge in [-0.25, -0.2) is 0 Å². The maximum atomic E-state index is 11.4. The van der Waals surface area contributed by atoms with Crippen LogP contribution in [0.25, 0.3) is 0 Å². The van der Waals surface area contributed by atoms with Gasteiger partial charge in [0.25, 0.3) is 0 Å². The number of ketones is 1. The highest BCUT2D eigenvalue weighted by Crippen LogP contribution is 2.04. The van der Waals surface area contributed by atoms with Crippen molar-refractivity contribution in [2.45, 2.75) is 6.29 Å². The van der Waals surface area contributed by atoms with Crippen LogP contribution in [0.2, 0.25) is 0 Å². The Morgan fingerprint density at radius 1 is 1.50 bits per heavy atom. The number of hydrogen-bond acceptors (Lipinski definition) is 3. The Balaban J connectivity index is 2.61. The highest BCUT2D eigenvalue weighted by Gasteiger charge is 2.16. The fourth-order valence-electron chi connectivity index (χ4n) is 0.980. The second-order valence-electron chi connectivity index (χ2n) is 2.70. The van der Waals surface area contributed by atoms with E-state index < -0.39 is 12.1 Å². The first-order valence-corrected chi connectivity index (χ1v) is 4.25. The molecule has 0 saturated heterocycles. The summed E-state index contributed by atoms with van der Waals surface area (Å²) in [5.41, 5.74) is 0.434. The van der Waals surface area contributed by atoms with E-state index in [0.717, 1.165) is 0 Å². The van der Waals surface area contributed by atoms with Gasteiger partial charge in [-0.2, -0.15) is 0 Å². The standard InChI is InChI=1S/C11H12O3/c1-2-8-14-11(13)10(12)9-6-4-3-5-7-9/h2-7,11,13H,1,8H2. The van der Waals surface area contributed by atoms with E-state index in [0.29, 0.717) is 5.56 Å². The summed E-state index contributed by atoms with van der Waals surface area (Å²) in [6.07, 6.45) is 0.0667. The highest BCUT2D eigenvalue weighted by atomic mass is 16.6. The topological polar surface area (TPSA) is 46.5 Å². The molecule has 0 aliphatic carbocycles. The molecule has 0 amide bonds. The lowest BCUT2D eigenvalue weighted by molar-refractivity contribution is -0.0619. The molecule has 1 N–H and O–H groups in total. The molecule has 0 bridgehead atoms. The average Bonchev–Trinajstić information content (AvgIpc) is 2.26. The third kappa shape index (κ3) is 2.80. The van der Waals surface area contributed by atoms with Crippen LogP contribution in [0.1, 0.15) is 10.4 Å². The van der Waals surface area contributed by atoms with Crippen LogP contribution in [0, 0.1) is 0 Å². The van der Waals surface area contributed by atoms with Gasteiger partial charge in [0.2, 0.25) is 12.1 Å². The summed E-state index contributed by atoms with van der Waals surface area (Å²) < 4.78 is 4.80. The van der Waals surface area contributed by atoms with Gasteiger partial charge in [0.05, 0.1) is 6.61 Å². The summed E-state index contributed by atoms with van der Waals surface area (Å²) in [6.45, 7) is 3.57. The molecule has 0 radical (unpaired) electrons. The van der Waals surface area contributed by atoms with Crippen LogP contribution in [-0.2, 0) is 4.74 Å². The van der Waals surface area contributed by atoms with Crippen LogP contribution >= 0.6 is 0 Å². The molecule has 1 aromatic carbocycles. The van der Waals surface area contributed by atoms with Crippen LogP contribution in [0.5, 0.6) is 0 Å². The number of Topliss-reactive ketones (excluding diaryl/α,β-unsaturated/α-hetero) is 1. The van der Waals surface area contributed by atoms with Crippen molar-refractivity contribution in [3.8, 4) is 0 Å². The lowest BCUT2D eigenvalue weighted by Crippen LogP contribution is -2.23. The van der Waals surface area contributed by atoms with E-state index in [2.05, 4.69) is 6.58 Å². The molecule has 0 fully saturated rings. The third-order valence-electron chi connectivity index (χ3n) is 1.65. The molecule has 0 aliphatic heterocycles. The summed E-state index contributed by atoms with van der Waals surface area (Å²) in [4.78, 5) is 11.4. The lowest BCUT2D eigenvalue weighted by atomic mass is 10.1. The SMILES string of the molecule is C=CCOC(O)C(=O)c1ccccc1. The van der Waals surface area contributed by atoms with E-state index >= 15 is 0 Å². The van der Waals surface area contributed by atoms with Crippen molar-refractivity contribution in [3.63, 3.8) is 0 Å². The Morgan fingerprint density at radius 3 is 2.71 bits per heavy atom. The molecule has 0 saturated carbocycles. The number of hydrogen-bond donors (Lipinski definition) is 1. The van der Waals surface area contributed by atoms with E-state index in [1.165, 1.54) is 6.08 Å². The quantitative estimate of drug-likeness (QED) is 0.435. The van der Waals surface area contributed by atoms with Crippen LogP contribution < -0.4 is 0 Å². The lowest BCUT2D eigenvalue weighted by Gasteiger charge is -2.08. The number of aliphatic hydroxyl groups excluding tert-OH is 1. The van der Waals surface area contributed by atoms with Crippen LogP contribution in [0.4, 0.5) is 0 Å². The molecule has 0 spiro atoms.